The van der Waals surface area contributed by atoms with Gasteiger partial charge in [0.05, 0.1) is 48.9 Å². The minimum atomic E-state index is -2.55. The molecule has 9 heterocycles. The first-order valence-corrected chi connectivity index (χ1v) is 22.1. The Morgan fingerprint density at radius 3 is 2.68 bits per heavy atom. The number of aromatic amines is 1. The number of benzene rings is 3. The zero-order valence-corrected chi connectivity index (χ0v) is 36.4. The lowest BCUT2D eigenvalue weighted by molar-refractivity contribution is -0.355. The van der Waals surface area contributed by atoms with Crippen LogP contribution >= 0.6 is 0 Å². The van der Waals surface area contributed by atoms with E-state index in [0.717, 1.165) is 22.0 Å². The number of H-pyrrole nitrogens is 1. The molecule has 0 unspecified atom stereocenters. The molecule has 68 heavy (non-hydrogen) atoms. The van der Waals surface area contributed by atoms with E-state index >= 15 is 0 Å². The van der Waals surface area contributed by atoms with Crippen molar-refractivity contribution in [3.05, 3.63) is 113 Å². The lowest BCUT2D eigenvalue weighted by atomic mass is 9.67. The van der Waals surface area contributed by atoms with Crippen LogP contribution in [0, 0.1) is 23.7 Å². The summed E-state index contributed by atoms with van der Waals surface area (Å²) in [6.07, 6.45) is -5.18. The molecule has 6 bridgehead atoms. The van der Waals surface area contributed by atoms with Gasteiger partial charge in [0, 0.05) is 59.9 Å². The average Bonchev–Trinajstić information content (AvgIpc) is 4.03. The Balaban J connectivity index is 1.13. The van der Waals surface area contributed by atoms with Gasteiger partial charge in [0.2, 0.25) is 12.0 Å². The van der Waals surface area contributed by atoms with Gasteiger partial charge in [0.15, 0.2) is 23.2 Å². The summed E-state index contributed by atoms with van der Waals surface area (Å²) in [6.45, 7) is 0.00863. The van der Waals surface area contributed by atoms with Gasteiger partial charge in [-0.3, -0.25) is 9.59 Å². The first kappa shape index (κ1) is 43.4. The molecule has 7 aliphatic rings. The Morgan fingerprint density at radius 1 is 1.04 bits per heavy atom. The van der Waals surface area contributed by atoms with E-state index in [1.807, 2.05) is 59.3 Å². The number of ether oxygens (including phenoxy) is 7. The first-order chi connectivity index (χ1) is 32.9. The summed E-state index contributed by atoms with van der Waals surface area (Å²) >= 11 is 0. The van der Waals surface area contributed by atoms with E-state index in [4.69, 9.17) is 38.9 Å². The number of hydrogen-bond acceptors (Lipinski definition) is 15. The fraction of sp³-hybridized carbons (Fsp3) is 0.360. The molecule has 1 spiro atoms. The second kappa shape index (κ2) is 16.6. The quantitative estimate of drug-likeness (QED) is 0.0632. The summed E-state index contributed by atoms with van der Waals surface area (Å²) in [5, 5.41) is 60.3. The van der Waals surface area contributed by atoms with Crippen molar-refractivity contribution in [3.8, 4) is 52.4 Å². The van der Waals surface area contributed by atoms with Gasteiger partial charge in [-0.1, -0.05) is 60.1 Å². The van der Waals surface area contributed by atoms with Crippen molar-refractivity contribution >= 4 is 22.8 Å². The summed E-state index contributed by atoms with van der Waals surface area (Å²) in [4.78, 5) is 27.7. The zero-order valence-electron chi connectivity index (χ0n) is 36.4. The van der Waals surface area contributed by atoms with Crippen LogP contribution in [0.15, 0.2) is 79.3 Å². The Kier molecular flexibility index (Phi) is 10.6. The van der Waals surface area contributed by atoms with Crippen molar-refractivity contribution in [2.45, 2.75) is 98.4 Å². The van der Waals surface area contributed by atoms with Crippen molar-refractivity contribution in [2.75, 3.05) is 13.7 Å². The van der Waals surface area contributed by atoms with Gasteiger partial charge in [-0.05, 0) is 30.0 Å². The van der Waals surface area contributed by atoms with Crippen LogP contribution in [-0.2, 0) is 32.2 Å². The van der Waals surface area contributed by atoms with Gasteiger partial charge in [-0.2, -0.15) is 0 Å². The highest BCUT2D eigenvalue weighted by molar-refractivity contribution is 5.90. The molecular weight excluding hydrogens is 881 g/mol. The molecule has 0 radical (unpaired) electrons. The van der Waals surface area contributed by atoms with E-state index < -0.39 is 90.8 Å². The molecule has 3 aromatic carbocycles. The highest BCUT2D eigenvalue weighted by Gasteiger charge is 2.69. The van der Waals surface area contributed by atoms with Crippen molar-refractivity contribution < 1.29 is 68.3 Å². The predicted molar refractivity (Wildman–Crippen MR) is 237 cm³/mol. The largest absolute Gasteiger partial charge is 0.493 e. The zero-order chi connectivity index (χ0) is 47.1. The molecule has 0 amide bonds. The molecule has 1 fully saturated rings. The summed E-state index contributed by atoms with van der Waals surface area (Å²) < 4.78 is 47.3. The number of nitrogens with two attached hydrogens (primary N) is 1. The standard InChI is InChI=1S/C50H46N4O14/c1-62-32-13-12-29-38-41-27(25-8-3-2-4-9-25)10-5-6-19-63-43(32)42(29)67-44(38)37-30(23-54-22-26-14-17-52-39(26)31(54)24-55)28-11-7-15-49(61)45(60)40(59)48(65-33(28)20-34(37)64-41)68-50(49)16-18-53-47(51)46(50)66-36(58)21-35(56)57/h2-4,8-9,12-14,16-18,20,22,27,38,40-41,44-48,52-53,55,59-61H,6,15,19,21,23-24,51H2,1H3,(H,56,57)/t27-,38-,40-,41-,44+,45-,46+,47+,48-,49+,50-/m1/s1. The second-order valence-electron chi connectivity index (χ2n) is 17.5. The Morgan fingerprint density at radius 2 is 1.88 bits per heavy atom. The van der Waals surface area contributed by atoms with Crippen LogP contribution < -0.4 is 34.7 Å². The van der Waals surface area contributed by atoms with E-state index in [2.05, 4.69) is 34.0 Å². The first-order valence-electron chi connectivity index (χ1n) is 22.1. The molecule has 0 saturated carbocycles. The summed E-state index contributed by atoms with van der Waals surface area (Å²) in [7, 11) is 1.56. The number of rotatable bonds is 8. The number of carboxylic acids is 1. The molecule has 11 atom stereocenters. The second-order valence-corrected chi connectivity index (χ2v) is 17.5. The molecule has 1 saturated heterocycles. The number of aliphatic hydroxyl groups excluding tert-OH is 3. The van der Waals surface area contributed by atoms with Gasteiger partial charge in [0.1, 0.15) is 54.1 Å². The van der Waals surface area contributed by atoms with Gasteiger partial charge < -0.3 is 79.3 Å². The Labute approximate surface area is 388 Å². The maximum absolute atomic E-state index is 12.9. The number of methoxy groups -OCH3 is 1. The van der Waals surface area contributed by atoms with Crippen LogP contribution in [0.5, 0.6) is 28.7 Å². The van der Waals surface area contributed by atoms with Gasteiger partial charge >= 0.3 is 11.9 Å². The lowest BCUT2D eigenvalue weighted by Crippen LogP contribution is -2.80. The molecule has 12 rings (SSSR count). The van der Waals surface area contributed by atoms with Crippen molar-refractivity contribution in [1.82, 2.24) is 14.9 Å². The number of aromatic nitrogens is 2. The number of carboxylic acid groups (broad SMARTS) is 1. The fourth-order valence-corrected chi connectivity index (χ4v) is 10.7. The number of hydrogen-bond donors (Lipinski definition) is 8. The van der Waals surface area contributed by atoms with Crippen molar-refractivity contribution in [1.29, 1.82) is 0 Å². The Hall–Kier alpha value is -7.16. The van der Waals surface area contributed by atoms with Crippen LogP contribution in [0.3, 0.4) is 0 Å². The van der Waals surface area contributed by atoms with Gasteiger partial charge in [0.25, 0.3) is 0 Å². The number of esters is 1. The number of nitrogens with zero attached hydrogens (tertiary/aromatic N) is 1. The molecular formula is C50H46N4O14. The number of aliphatic hydroxyl groups is 4. The van der Waals surface area contributed by atoms with Crippen LogP contribution in [0.2, 0.25) is 0 Å². The number of carbonyl (C=O) groups is 2. The van der Waals surface area contributed by atoms with Crippen molar-refractivity contribution in [3.63, 3.8) is 0 Å². The Bertz CT molecular complexity index is 3020. The number of carbonyl (C=O) groups excluding carboxylic acids is 1. The van der Waals surface area contributed by atoms with Crippen LogP contribution in [0.4, 0.5) is 0 Å². The average molecular weight is 927 g/mol. The number of aliphatic carboxylic acids is 1. The molecule has 350 valence electrons. The highest BCUT2D eigenvalue weighted by Crippen LogP contribution is 2.61. The third kappa shape index (κ3) is 6.67. The minimum absolute atomic E-state index is 0.0387. The topological polar surface area (TPSA) is 259 Å². The maximum atomic E-state index is 12.9. The van der Waals surface area contributed by atoms with Crippen LogP contribution in [0.1, 0.15) is 70.7 Å². The van der Waals surface area contributed by atoms with Gasteiger partial charge in [-0.25, -0.2) is 0 Å². The smallest absolute Gasteiger partial charge is 0.317 e. The molecule has 18 heteroatoms. The van der Waals surface area contributed by atoms with E-state index in [-0.39, 0.29) is 31.1 Å². The van der Waals surface area contributed by atoms with Gasteiger partial charge in [-0.15, -0.1) is 0 Å². The SMILES string of the molecule is COc1ccc2c3c1OCCC#C[C@H](c1ccccc1)[C@H]1Oc4cc5c(c(Cn6cc7cc[nH]c7c6CO)c4[C@H](O3)[C@H]21)C#CC[C@]1(O)[C@H](O)[C@@H](O)[C@H](O5)O[C@@]12C=CN[C@H](N)[C@@H]2OC(=O)CC(=O)O. The van der Waals surface area contributed by atoms with Crippen molar-refractivity contribution in [2.24, 2.45) is 5.73 Å². The molecule has 0 aliphatic carbocycles. The third-order valence-corrected chi connectivity index (χ3v) is 13.8. The predicted octanol–water partition coefficient (Wildman–Crippen LogP) is 2.54. The number of fused-ring (bicyclic) bond motifs is 5. The third-order valence-electron chi connectivity index (χ3n) is 13.8. The summed E-state index contributed by atoms with van der Waals surface area (Å²) in [5.74, 6) is 11.1. The van der Waals surface area contributed by atoms with E-state index in [1.54, 1.807) is 19.4 Å². The molecule has 5 aromatic rings. The minimum Gasteiger partial charge on any atom is -0.493 e. The summed E-state index contributed by atoms with van der Waals surface area (Å²) in [5.41, 5.74) is 6.06. The molecule has 7 aliphatic heterocycles. The number of nitrogens with one attached hydrogen (secondary N) is 2. The fourth-order valence-electron chi connectivity index (χ4n) is 10.7. The molecule has 9 N–H and O–H groups in total. The van der Waals surface area contributed by atoms with E-state index in [0.29, 0.717) is 46.2 Å². The maximum Gasteiger partial charge on any atom is 0.317 e. The highest BCUT2D eigenvalue weighted by atomic mass is 16.7. The summed E-state index contributed by atoms with van der Waals surface area (Å²) in [6, 6.07) is 17.1. The molecule has 18 nitrogen and oxygen atoms in total. The monoisotopic (exact) mass is 926 g/mol. The normalized spacial score (nSPS) is 30.2. The van der Waals surface area contributed by atoms with E-state index in [1.165, 1.54) is 12.3 Å². The van der Waals surface area contributed by atoms with E-state index in [9.17, 15) is 35.1 Å². The lowest BCUT2D eigenvalue weighted by Gasteiger charge is -2.57. The van der Waals surface area contributed by atoms with Crippen LogP contribution in [0.25, 0.3) is 10.9 Å². The van der Waals surface area contributed by atoms with Crippen LogP contribution in [-0.4, -0.2) is 109 Å². The molecule has 2 aromatic heterocycles.